The number of ether oxygens (including phenoxy) is 1. The van der Waals surface area contributed by atoms with Crippen molar-refractivity contribution in [3.63, 3.8) is 0 Å². The standard InChI is InChI=1S/C10H7F3N2OS/c11-10(12,13)6-16-9-8(14-17-15-9)7-4-2-1-3-5-7/h1-5H,6H2. The molecule has 90 valence electrons. The first-order valence-corrected chi connectivity index (χ1v) is 5.37. The summed E-state index contributed by atoms with van der Waals surface area (Å²) in [6.45, 7) is -1.36. The average molecular weight is 260 g/mol. The van der Waals surface area contributed by atoms with E-state index in [1.54, 1.807) is 30.3 Å². The van der Waals surface area contributed by atoms with Crippen LogP contribution in [-0.4, -0.2) is 21.5 Å². The number of alkyl halides is 3. The van der Waals surface area contributed by atoms with Gasteiger partial charge in [-0.05, 0) is 0 Å². The predicted octanol–water partition coefficient (Wildman–Crippen LogP) is 3.15. The lowest BCUT2D eigenvalue weighted by atomic mass is 10.2. The van der Waals surface area contributed by atoms with E-state index in [0.717, 1.165) is 11.7 Å². The van der Waals surface area contributed by atoms with Crippen LogP contribution in [0, 0.1) is 0 Å². The molecule has 0 spiro atoms. The summed E-state index contributed by atoms with van der Waals surface area (Å²) in [6, 6.07) is 8.80. The van der Waals surface area contributed by atoms with E-state index in [4.69, 9.17) is 0 Å². The van der Waals surface area contributed by atoms with Crippen LogP contribution in [0.25, 0.3) is 11.3 Å². The van der Waals surface area contributed by atoms with Gasteiger partial charge < -0.3 is 4.74 Å². The lowest BCUT2D eigenvalue weighted by molar-refractivity contribution is -0.153. The van der Waals surface area contributed by atoms with E-state index in [1.165, 1.54) is 0 Å². The van der Waals surface area contributed by atoms with E-state index in [0.29, 0.717) is 11.3 Å². The van der Waals surface area contributed by atoms with E-state index in [9.17, 15) is 13.2 Å². The first-order chi connectivity index (χ1) is 8.06. The van der Waals surface area contributed by atoms with Crippen molar-refractivity contribution in [2.75, 3.05) is 6.61 Å². The summed E-state index contributed by atoms with van der Waals surface area (Å²) < 4.78 is 48.3. The minimum absolute atomic E-state index is 0.0847. The topological polar surface area (TPSA) is 35.0 Å². The maximum absolute atomic E-state index is 12.0. The first kappa shape index (κ1) is 11.8. The molecule has 2 aromatic rings. The van der Waals surface area contributed by atoms with Crippen molar-refractivity contribution in [2.24, 2.45) is 0 Å². The molecule has 1 heterocycles. The molecular weight excluding hydrogens is 253 g/mol. The lowest BCUT2D eigenvalue weighted by Gasteiger charge is -2.07. The first-order valence-electron chi connectivity index (χ1n) is 4.64. The van der Waals surface area contributed by atoms with Crippen LogP contribution in [0.5, 0.6) is 5.88 Å². The van der Waals surface area contributed by atoms with Gasteiger partial charge in [0.1, 0.15) is 5.69 Å². The van der Waals surface area contributed by atoms with Crippen molar-refractivity contribution in [3.05, 3.63) is 30.3 Å². The van der Waals surface area contributed by atoms with Crippen LogP contribution < -0.4 is 4.74 Å². The van der Waals surface area contributed by atoms with Crippen molar-refractivity contribution in [3.8, 4) is 17.1 Å². The zero-order valence-electron chi connectivity index (χ0n) is 8.44. The van der Waals surface area contributed by atoms with Gasteiger partial charge in [-0.15, -0.1) is 4.37 Å². The summed E-state index contributed by atoms with van der Waals surface area (Å²) >= 11 is 0.819. The Morgan fingerprint density at radius 3 is 2.47 bits per heavy atom. The van der Waals surface area contributed by atoms with Crippen LogP contribution >= 0.6 is 11.7 Å². The van der Waals surface area contributed by atoms with Gasteiger partial charge >= 0.3 is 6.18 Å². The van der Waals surface area contributed by atoms with Gasteiger partial charge in [-0.3, -0.25) is 0 Å². The molecular formula is C10H7F3N2OS. The molecule has 3 nitrogen and oxygen atoms in total. The Morgan fingerprint density at radius 1 is 1.12 bits per heavy atom. The SMILES string of the molecule is FC(F)(F)COc1nsnc1-c1ccccc1. The Morgan fingerprint density at radius 2 is 1.82 bits per heavy atom. The molecule has 0 N–H and O–H groups in total. The Hall–Kier alpha value is -1.63. The molecule has 0 atom stereocenters. The number of hydrogen-bond acceptors (Lipinski definition) is 4. The fraction of sp³-hybridized carbons (Fsp3) is 0.200. The molecule has 0 saturated carbocycles. The second-order valence-electron chi connectivity index (χ2n) is 3.19. The van der Waals surface area contributed by atoms with Crippen molar-refractivity contribution in [2.45, 2.75) is 6.18 Å². The zero-order chi connectivity index (χ0) is 12.3. The van der Waals surface area contributed by atoms with Crippen molar-refractivity contribution in [1.82, 2.24) is 8.75 Å². The van der Waals surface area contributed by atoms with Crippen molar-refractivity contribution in [1.29, 1.82) is 0 Å². The van der Waals surface area contributed by atoms with Crippen LogP contribution in [0.3, 0.4) is 0 Å². The molecule has 0 saturated heterocycles. The Labute approximate surface area is 99.2 Å². The smallest absolute Gasteiger partial charge is 0.422 e. The van der Waals surface area contributed by atoms with Crippen molar-refractivity contribution >= 4 is 11.7 Å². The van der Waals surface area contributed by atoms with E-state index in [1.807, 2.05) is 0 Å². The molecule has 0 amide bonds. The zero-order valence-corrected chi connectivity index (χ0v) is 9.26. The molecule has 17 heavy (non-hydrogen) atoms. The van der Waals surface area contributed by atoms with E-state index in [2.05, 4.69) is 13.5 Å². The molecule has 7 heteroatoms. The number of aromatic nitrogens is 2. The molecule has 2 rings (SSSR count). The summed E-state index contributed by atoms with van der Waals surface area (Å²) in [5.74, 6) is -0.0847. The van der Waals surface area contributed by atoms with E-state index < -0.39 is 12.8 Å². The molecule has 1 aromatic carbocycles. The highest BCUT2D eigenvalue weighted by atomic mass is 32.1. The lowest BCUT2D eigenvalue weighted by Crippen LogP contribution is -2.19. The number of halogens is 3. The van der Waals surface area contributed by atoms with Gasteiger partial charge in [0.15, 0.2) is 6.61 Å². The van der Waals surface area contributed by atoms with Crippen LogP contribution in [0.4, 0.5) is 13.2 Å². The third-order valence-electron chi connectivity index (χ3n) is 1.88. The second-order valence-corrected chi connectivity index (χ2v) is 3.72. The summed E-state index contributed by atoms with van der Waals surface area (Å²) in [5, 5.41) is 0. The monoisotopic (exact) mass is 260 g/mol. The highest BCUT2D eigenvalue weighted by molar-refractivity contribution is 6.99. The molecule has 0 radical (unpaired) electrons. The number of rotatable bonds is 3. The second kappa shape index (κ2) is 4.70. The highest BCUT2D eigenvalue weighted by Gasteiger charge is 2.29. The van der Waals surface area contributed by atoms with Gasteiger partial charge in [0.25, 0.3) is 5.88 Å². The van der Waals surface area contributed by atoms with Crippen LogP contribution in [0.15, 0.2) is 30.3 Å². The summed E-state index contributed by atoms with van der Waals surface area (Å²) in [7, 11) is 0. The normalized spacial score (nSPS) is 11.5. The van der Waals surface area contributed by atoms with Gasteiger partial charge in [-0.25, -0.2) is 0 Å². The van der Waals surface area contributed by atoms with Gasteiger partial charge in [0.2, 0.25) is 0 Å². The molecule has 0 aliphatic rings. The molecule has 0 fully saturated rings. The van der Waals surface area contributed by atoms with Gasteiger partial charge in [-0.1, -0.05) is 30.3 Å². The number of hydrogen-bond donors (Lipinski definition) is 0. The van der Waals surface area contributed by atoms with E-state index >= 15 is 0 Å². The van der Waals surface area contributed by atoms with Gasteiger partial charge in [-0.2, -0.15) is 17.5 Å². The maximum Gasteiger partial charge on any atom is 0.422 e. The Bertz CT molecular complexity index is 484. The predicted molar refractivity (Wildman–Crippen MR) is 56.9 cm³/mol. The minimum Gasteiger partial charge on any atom is -0.466 e. The molecule has 1 aromatic heterocycles. The molecule has 0 bridgehead atoms. The molecule has 0 aliphatic heterocycles. The third-order valence-corrected chi connectivity index (χ3v) is 2.39. The number of nitrogens with zero attached hydrogens (tertiary/aromatic N) is 2. The summed E-state index contributed by atoms with van der Waals surface area (Å²) in [4.78, 5) is 0. The fourth-order valence-corrected chi connectivity index (χ4v) is 1.72. The van der Waals surface area contributed by atoms with E-state index in [-0.39, 0.29) is 5.88 Å². The van der Waals surface area contributed by atoms with Crippen molar-refractivity contribution < 1.29 is 17.9 Å². The number of benzene rings is 1. The minimum atomic E-state index is -4.38. The Balaban J connectivity index is 2.18. The van der Waals surface area contributed by atoms with Crippen LogP contribution in [0.1, 0.15) is 0 Å². The molecule has 0 unspecified atom stereocenters. The van der Waals surface area contributed by atoms with Crippen LogP contribution in [-0.2, 0) is 0 Å². The highest BCUT2D eigenvalue weighted by Crippen LogP contribution is 2.28. The fourth-order valence-electron chi connectivity index (χ4n) is 1.20. The summed E-state index contributed by atoms with van der Waals surface area (Å²) in [6.07, 6.45) is -4.38. The Kier molecular flexibility index (Phi) is 3.28. The average Bonchev–Trinajstić information content (AvgIpc) is 2.75. The third kappa shape index (κ3) is 3.16. The van der Waals surface area contributed by atoms with Crippen LogP contribution in [0.2, 0.25) is 0 Å². The van der Waals surface area contributed by atoms with Gasteiger partial charge in [0, 0.05) is 5.56 Å². The maximum atomic E-state index is 12.0. The summed E-state index contributed by atoms with van der Waals surface area (Å²) in [5.41, 5.74) is 1.01. The largest absolute Gasteiger partial charge is 0.466 e. The van der Waals surface area contributed by atoms with Gasteiger partial charge in [0.05, 0.1) is 11.7 Å². The molecule has 0 aliphatic carbocycles. The quantitative estimate of drug-likeness (QED) is 0.850.